The summed E-state index contributed by atoms with van der Waals surface area (Å²) in [5.41, 5.74) is 2.30. The number of likely N-dealkylation sites (N-methyl/N-ethyl adjacent to an activating group) is 1. The molecule has 2 atom stereocenters. The summed E-state index contributed by atoms with van der Waals surface area (Å²) >= 11 is 0. The number of hydrogen-bond acceptors (Lipinski definition) is 4. The second-order valence-corrected chi connectivity index (χ2v) is 7.75. The average molecular weight is 396 g/mol. The summed E-state index contributed by atoms with van der Waals surface area (Å²) in [6.45, 7) is 8.69. The molecule has 0 radical (unpaired) electrons. The first-order chi connectivity index (χ1) is 13.8. The number of aromatic nitrogens is 2. The molecule has 1 aromatic heterocycles. The number of amides is 2. The van der Waals surface area contributed by atoms with Crippen LogP contribution in [-0.4, -0.2) is 58.3 Å². The van der Waals surface area contributed by atoms with Crippen LogP contribution < -0.4 is 4.90 Å². The highest BCUT2D eigenvalue weighted by molar-refractivity contribution is 6.01. The predicted octanol–water partition coefficient (Wildman–Crippen LogP) is 2.46. The molecule has 1 fully saturated rings. The van der Waals surface area contributed by atoms with Crippen LogP contribution in [0.3, 0.4) is 0 Å². The molecule has 1 saturated heterocycles. The normalized spacial score (nSPS) is 18.9. The highest BCUT2D eigenvalue weighted by Crippen LogP contribution is 2.33. The number of aliphatic hydroxyl groups excluding tert-OH is 1. The van der Waals surface area contributed by atoms with Gasteiger partial charge >= 0.3 is 0 Å². The zero-order valence-corrected chi connectivity index (χ0v) is 17.2. The Balaban J connectivity index is 1.74. The Kier molecular flexibility index (Phi) is 6.17. The lowest BCUT2D eigenvalue weighted by molar-refractivity contribution is -0.113. The number of carbonyl (C=O) groups excluding carboxylic acids is 2. The van der Waals surface area contributed by atoms with E-state index in [1.165, 1.54) is 11.0 Å². The van der Waals surface area contributed by atoms with E-state index in [0.717, 1.165) is 5.56 Å². The van der Waals surface area contributed by atoms with Gasteiger partial charge in [-0.1, -0.05) is 6.58 Å². The molecular weight excluding hydrogens is 368 g/mol. The summed E-state index contributed by atoms with van der Waals surface area (Å²) in [5.74, 6) is -0.239. The van der Waals surface area contributed by atoms with E-state index in [0.29, 0.717) is 24.3 Å². The van der Waals surface area contributed by atoms with Crippen molar-refractivity contribution in [2.45, 2.75) is 25.8 Å². The number of rotatable bonds is 6. The van der Waals surface area contributed by atoms with Crippen molar-refractivity contribution in [2.24, 2.45) is 5.92 Å². The topological polar surface area (TPSA) is 78.7 Å². The molecule has 0 aliphatic carbocycles. The number of aliphatic hydroxyl groups is 1. The zero-order valence-electron chi connectivity index (χ0n) is 17.2. The Hall–Kier alpha value is -2.93. The molecule has 1 aliphatic heterocycles. The smallest absolute Gasteiger partial charge is 0.253 e. The molecule has 0 saturated carbocycles. The monoisotopic (exact) mass is 396 g/mol. The predicted molar refractivity (Wildman–Crippen MR) is 112 cm³/mol. The van der Waals surface area contributed by atoms with Crippen molar-refractivity contribution in [2.75, 3.05) is 31.6 Å². The Morgan fingerprint density at radius 2 is 2.00 bits per heavy atom. The third kappa shape index (κ3) is 4.24. The zero-order chi connectivity index (χ0) is 21.1. The summed E-state index contributed by atoms with van der Waals surface area (Å²) in [4.78, 5) is 28.0. The maximum absolute atomic E-state index is 13.0. The number of likely N-dealkylation sites (tertiary alicyclic amines) is 1. The lowest BCUT2D eigenvalue weighted by Crippen LogP contribution is -2.29. The number of benzene rings is 1. The Bertz CT molecular complexity index is 888. The van der Waals surface area contributed by atoms with Crippen molar-refractivity contribution in [3.05, 3.63) is 60.4 Å². The fourth-order valence-corrected chi connectivity index (χ4v) is 3.70. The molecule has 1 aromatic carbocycles. The van der Waals surface area contributed by atoms with E-state index >= 15 is 0 Å². The SMILES string of the molecule is C=CC(=O)N(C)c1ccc(C(=O)N2C[C@@H](CO)[C@H](c3cnn(C(C)C)c3)C2)cc1. The van der Waals surface area contributed by atoms with E-state index in [2.05, 4.69) is 25.5 Å². The van der Waals surface area contributed by atoms with Gasteiger partial charge in [0.1, 0.15) is 0 Å². The van der Waals surface area contributed by atoms with Crippen molar-refractivity contribution in [1.29, 1.82) is 0 Å². The van der Waals surface area contributed by atoms with Gasteiger partial charge in [0.15, 0.2) is 0 Å². The molecule has 0 bridgehead atoms. The van der Waals surface area contributed by atoms with Crippen LogP contribution in [0.4, 0.5) is 5.69 Å². The second kappa shape index (κ2) is 8.61. The Labute approximate surface area is 171 Å². The van der Waals surface area contributed by atoms with Crippen molar-refractivity contribution in [3.63, 3.8) is 0 Å². The molecule has 0 unspecified atom stereocenters. The molecule has 3 rings (SSSR count). The summed E-state index contributed by atoms with van der Waals surface area (Å²) in [6, 6.07) is 7.21. The quantitative estimate of drug-likeness (QED) is 0.761. The molecule has 1 N–H and O–H groups in total. The van der Waals surface area contributed by atoms with Crippen LogP contribution in [0.25, 0.3) is 0 Å². The number of nitrogens with zero attached hydrogens (tertiary/aromatic N) is 4. The van der Waals surface area contributed by atoms with Crippen LogP contribution in [-0.2, 0) is 4.79 Å². The second-order valence-electron chi connectivity index (χ2n) is 7.75. The van der Waals surface area contributed by atoms with Gasteiger partial charge in [-0.3, -0.25) is 14.3 Å². The van der Waals surface area contributed by atoms with Gasteiger partial charge in [0.25, 0.3) is 5.91 Å². The highest BCUT2D eigenvalue weighted by atomic mass is 16.3. The minimum Gasteiger partial charge on any atom is -0.396 e. The molecule has 2 heterocycles. The van der Waals surface area contributed by atoms with Crippen molar-refractivity contribution in [3.8, 4) is 0 Å². The highest BCUT2D eigenvalue weighted by Gasteiger charge is 2.36. The molecule has 2 amide bonds. The molecule has 7 heteroatoms. The molecule has 29 heavy (non-hydrogen) atoms. The van der Waals surface area contributed by atoms with Gasteiger partial charge in [-0.25, -0.2) is 0 Å². The van der Waals surface area contributed by atoms with Gasteiger partial charge in [-0.05, 0) is 49.8 Å². The van der Waals surface area contributed by atoms with Gasteiger partial charge in [-0.15, -0.1) is 0 Å². The molecule has 154 valence electrons. The fraction of sp³-hybridized carbons (Fsp3) is 0.409. The van der Waals surface area contributed by atoms with Gasteiger partial charge in [0.05, 0.1) is 6.20 Å². The Morgan fingerprint density at radius 3 is 2.55 bits per heavy atom. The summed E-state index contributed by atoms with van der Waals surface area (Å²) in [6.07, 6.45) is 5.09. The minimum absolute atomic E-state index is 0.0145. The largest absolute Gasteiger partial charge is 0.396 e. The molecular formula is C22H28N4O3. The third-order valence-electron chi connectivity index (χ3n) is 5.55. The minimum atomic E-state index is -0.209. The first kappa shape index (κ1) is 20.8. The van der Waals surface area contributed by atoms with Crippen molar-refractivity contribution < 1.29 is 14.7 Å². The van der Waals surface area contributed by atoms with Crippen LogP contribution >= 0.6 is 0 Å². The van der Waals surface area contributed by atoms with Crippen LogP contribution in [0.2, 0.25) is 0 Å². The van der Waals surface area contributed by atoms with E-state index in [4.69, 9.17) is 0 Å². The van der Waals surface area contributed by atoms with Gasteiger partial charge in [0, 0.05) is 62.1 Å². The van der Waals surface area contributed by atoms with Crippen LogP contribution in [0, 0.1) is 5.92 Å². The van der Waals surface area contributed by atoms with Gasteiger partial charge in [-0.2, -0.15) is 5.10 Å². The molecule has 2 aromatic rings. The number of carbonyl (C=O) groups is 2. The molecule has 7 nitrogen and oxygen atoms in total. The lowest BCUT2D eigenvalue weighted by atomic mass is 9.92. The van der Waals surface area contributed by atoms with E-state index in [-0.39, 0.29) is 36.3 Å². The lowest BCUT2D eigenvalue weighted by Gasteiger charge is -2.18. The maximum Gasteiger partial charge on any atom is 0.253 e. The van der Waals surface area contributed by atoms with Crippen molar-refractivity contribution >= 4 is 17.5 Å². The van der Waals surface area contributed by atoms with Gasteiger partial charge < -0.3 is 14.9 Å². The van der Waals surface area contributed by atoms with Gasteiger partial charge in [0.2, 0.25) is 5.91 Å². The van der Waals surface area contributed by atoms with Crippen LogP contribution in [0.1, 0.15) is 41.7 Å². The summed E-state index contributed by atoms with van der Waals surface area (Å²) < 4.78 is 1.90. The maximum atomic E-state index is 13.0. The fourth-order valence-electron chi connectivity index (χ4n) is 3.70. The van der Waals surface area contributed by atoms with Crippen LogP contribution in [0.5, 0.6) is 0 Å². The summed E-state index contributed by atoms with van der Waals surface area (Å²) in [7, 11) is 1.66. The van der Waals surface area contributed by atoms with Crippen molar-refractivity contribution in [1.82, 2.24) is 14.7 Å². The van der Waals surface area contributed by atoms with Crippen LogP contribution in [0.15, 0.2) is 49.3 Å². The number of hydrogen-bond donors (Lipinski definition) is 1. The number of anilines is 1. The van der Waals surface area contributed by atoms with E-state index in [9.17, 15) is 14.7 Å². The first-order valence-electron chi connectivity index (χ1n) is 9.80. The van der Waals surface area contributed by atoms with E-state index < -0.39 is 0 Å². The van der Waals surface area contributed by atoms with E-state index in [1.54, 1.807) is 36.2 Å². The Morgan fingerprint density at radius 1 is 1.31 bits per heavy atom. The first-order valence-corrected chi connectivity index (χ1v) is 9.80. The standard InChI is InChI=1S/C22H28N4O3/c1-5-21(28)24(4)19-8-6-16(7-9-19)22(29)25-11-18(14-27)20(13-25)17-10-23-26(12-17)15(2)3/h5-10,12,15,18,20,27H,1,11,13-14H2,2-4H3/t18-,20-/m0/s1. The molecule has 0 spiro atoms. The third-order valence-corrected chi connectivity index (χ3v) is 5.55. The average Bonchev–Trinajstić information content (AvgIpc) is 3.39. The molecule has 1 aliphatic rings. The van der Waals surface area contributed by atoms with E-state index in [1.807, 2.05) is 17.1 Å². The summed E-state index contributed by atoms with van der Waals surface area (Å²) in [5, 5.41) is 14.2.